The SMILES string of the molecule is CCOC(=O)c1ccc(CSc2nccc(=O)[nH]2)cc1. The van der Waals surface area contributed by atoms with Crippen molar-refractivity contribution >= 4 is 17.7 Å². The lowest BCUT2D eigenvalue weighted by atomic mass is 10.1. The molecule has 0 saturated heterocycles. The van der Waals surface area contributed by atoms with Crippen molar-refractivity contribution in [2.45, 2.75) is 17.8 Å². The number of carbonyl (C=O) groups is 1. The van der Waals surface area contributed by atoms with Gasteiger partial charge in [-0.2, -0.15) is 0 Å². The molecule has 2 aromatic rings. The van der Waals surface area contributed by atoms with Crippen molar-refractivity contribution in [3.8, 4) is 0 Å². The number of hydrogen-bond donors (Lipinski definition) is 1. The van der Waals surface area contributed by atoms with Crippen LogP contribution in [0.2, 0.25) is 0 Å². The lowest BCUT2D eigenvalue weighted by Crippen LogP contribution is -2.05. The van der Waals surface area contributed by atoms with Gasteiger partial charge in [0.25, 0.3) is 5.56 Å². The van der Waals surface area contributed by atoms with Crippen LogP contribution in [0.1, 0.15) is 22.8 Å². The first-order chi connectivity index (χ1) is 9.69. The first kappa shape index (κ1) is 14.3. The summed E-state index contributed by atoms with van der Waals surface area (Å²) in [7, 11) is 0. The molecule has 5 nitrogen and oxygen atoms in total. The van der Waals surface area contributed by atoms with Gasteiger partial charge in [0.1, 0.15) is 0 Å². The van der Waals surface area contributed by atoms with Gasteiger partial charge in [0, 0.05) is 18.0 Å². The largest absolute Gasteiger partial charge is 0.462 e. The van der Waals surface area contributed by atoms with Gasteiger partial charge in [-0.25, -0.2) is 9.78 Å². The third-order valence-corrected chi connectivity index (χ3v) is 3.45. The van der Waals surface area contributed by atoms with Crippen molar-refractivity contribution in [2.75, 3.05) is 6.61 Å². The van der Waals surface area contributed by atoms with E-state index >= 15 is 0 Å². The Labute approximate surface area is 120 Å². The highest BCUT2D eigenvalue weighted by Gasteiger charge is 2.06. The lowest BCUT2D eigenvalue weighted by molar-refractivity contribution is 0.0526. The van der Waals surface area contributed by atoms with Crippen molar-refractivity contribution in [3.05, 3.63) is 58.0 Å². The molecule has 1 aromatic heterocycles. The van der Waals surface area contributed by atoms with Crippen LogP contribution in [-0.4, -0.2) is 22.5 Å². The highest BCUT2D eigenvalue weighted by Crippen LogP contribution is 2.18. The number of nitrogens with zero attached hydrogens (tertiary/aromatic N) is 1. The highest BCUT2D eigenvalue weighted by atomic mass is 32.2. The molecule has 2 rings (SSSR count). The zero-order chi connectivity index (χ0) is 14.4. The van der Waals surface area contributed by atoms with Crippen molar-refractivity contribution in [3.63, 3.8) is 0 Å². The van der Waals surface area contributed by atoms with Gasteiger partial charge in [0.05, 0.1) is 12.2 Å². The second-order valence-electron chi connectivity index (χ2n) is 3.95. The Morgan fingerprint density at radius 3 is 2.70 bits per heavy atom. The number of carbonyl (C=O) groups excluding carboxylic acids is 1. The van der Waals surface area contributed by atoms with Gasteiger partial charge in [0.2, 0.25) is 0 Å². The minimum Gasteiger partial charge on any atom is -0.462 e. The molecule has 20 heavy (non-hydrogen) atoms. The van der Waals surface area contributed by atoms with Crippen LogP contribution in [0.15, 0.2) is 46.5 Å². The molecule has 0 spiro atoms. The Morgan fingerprint density at radius 1 is 1.30 bits per heavy atom. The Morgan fingerprint density at radius 2 is 2.05 bits per heavy atom. The number of ether oxygens (including phenoxy) is 1. The zero-order valence-electron chi connectivity index (χ0n) is 11.0. The summed E-state index contributed by atoms with van der Waals surface area (Å²) in [4.78, 5) is 29.3. The van der Waals surface area contributed by atoms with E-state index < -0.39 is 0 Å². The Hall–Kier alpha value is -2.08. The van der Waals surface area contributed by atoms with Crippen LogP contribution >= 0.6 is 11.8 Å². The number of thioether (sulfide) groups is 1. The van der Waals surface area contributed by atoms with Crippen molar-refractivity contribution in [2.24, 2.45) is 0 Å². The van der Waals surface area contributed by atoms with E-state index in [1.54, 1.807) is 19.1 Å². The Kier molecular flexibility index (Phi) is 4.95. The topological polar surface area (TPSA) is 72.0 Å². The van der Waals surface area contributed by atoms with Gasteiger partial charge in [0.15, 0.2) is 5.16 Å². The number of hydrogen-bond acceptors (Lipinski definition) is 5. The van der Waals surface area contributed by atoms with E-state index in [-0.39, 0.29) is 11.5 Å². The average molecular weight is 290 g/mol. The quantitative estimate of drug-likeness (QED) is 0.519. The number of esters is 1. The fourth-order valence-electron chi connectivity index (χ4n) is 1.53. The molecule has 0 aliphatic rings. The highest BCUT2D eigenvalue weighted by molar-refractivity contribution is 7.98. The molecule has 0 aliphatic heterocycles. The standard InChI is InChI=1S/C14H14N2O3S/c1-2-19-13(18)11-5-3-10(4-6-11)9-20-14-15-8-7-12(17)16-14/h3-8H,2,9H2,1H3,(H,15,16,17). The average Bonchev–Trinajstić information content (AvgIpc) is 2.46. The Bertz CT molecular complexity index is 637. The molecule has 0 radical (unpaired) electrons. The van der Waals surface area contributed by atoms with E-state index in [4.69, 9.17) is 4.74 Å². The summed E-state index contributed by atoms with van der Waals surface area (Å²) in [6.07, 6.45) is 1.48. The summed E-state index contributed by atoms with van der Waals surface area (Å²) in [6, 6.07) is 8.56. The van der Waals surface area contributed by atoms with Gasteiger partial charge in [-0.3, -0.25) is 4.79 Å². The summed E-state index contributed by atoms with van der Waals surface area (Å²) in [5.41, 5.74) is 1.40. The van der Waals surface area contributed by atoms with Gasteiger partial charge in [-0.05, 0) is 24.6 Å². The van der Waals surface area contributed by atoms with Crippen molar-refractivity contribution in [1.29, 1.82) is 0 Å². The van der Waals surface area contributed by atoms with E-state index in [1.165, 1.54) is 24.0 Å². The third-order valence-electron chi connectivity index (χ3n) is 2.49. The lowest BCUT2D eigenvalue weighted by Gasteiger charge is -2.04. The molecule has 1 aromatic carbocycles. The van der Waals surface area contributed by atoms with E-state index in [0.29, 0.717) is 23.1 Å². The molecular weight excluding hydrogens is 276 g/mol. The molecule has 104 valence electrons. The number of H-pyrrole nitrogens is 1. The molecule has 1 heterocycles. The van der Waals surface area contributed by atoms with Crippen LogP contribution in [0.25, 0.3) is 0 Å². The smallest absolute Gasteiger partial charge is 0.338 e. The predicted molar refractivity (Wildman–Crippen MR) is 76.8 cm³/mol. The molecule has 0 amide bonds. The fraction of sp³-hybridized carbons (Fsp3) is 0.214. The van der Waals surface area contributed by atoms with Crippen LogP contribution < -0.4 is 5.56 Å². The number of benzene rings is 1. The zero-order valence-corrected chi connectivity index (χ0v) is 11.8. The predicted octanol–water partition coefficient (Wildman–Crippen LogP) is 2.24. The molecular formula is C14H14N2O3S. The molecule has 0 unspecified atom stereocenters. The third kappa shape index (κ3) is 3.96. The number of nitrogens with one attached hydrogen (secondary N) is 1. The van der Waals surface area contributed by atoms with Gasteiger partial charge >= 0.3 is 5.97 Å². The van der Waals surface area contributed by atoms with Gasteiger partial charge < -0.3 is 9.72 Å². The molecule has 0 aliphatic carbocycles. The first-order valence-corrected chi connectivity index (χ1v) is 7.12. The summed E-state index contributed by atoms with van der Waals surface area (Å²) in [5.74, 6) is 0.344. The van der Waals surface area contributed by atoms with Gasteiger partial charge in [-0.1, -0.05) is 23.9 Å². The molecule has 0 bridgehead atoms. The molecule has 0 saturated carbocycles. The molecule has 6 heteroatoms. The second kappa shape index (κ2) is 6.91. The number of aromatic nitrogens is 2. The van der Waals surface area contributed by atoms with Crippen molar-refractivity contribution in [1.82, 2.24) is 9.97 Å². The molecule has 0 fully saturated rings. The minimum absolute atomic E-state index is 0.167. The fourth-order valence-corrected chi connectivity index (χ4v) is 2.33. The molecule has 0 atom stereocenters. The number of aromatic amines is 1. The summed E-state index contributed by atoms with van der Waals surface area (Å²) >= 11 is 1.43. The normalized spacial score (nSPS) is 10.2. The number of rotatable bonds is 5. The summed E-state index contributed by atoms with van der Waals surface area (Å²) < 4.78 is 4.92. The minimum atomic E-state index is -0.319. The maximum absolute atomic E-state index is 11.5. The summed E-state index contributed by atoms with van der Waals surface area (Å²) in [6.45, 7) is 2.14. The first-order valence-electron chi connectivity index (χ1n) is 6.13. The van der Waals surface area contributed by atoms with E-state index in [1.807, 2.05) is 12.1 Å². The van der Waals surface area contributed by atoms with E-state index in [0.717, 1.165) is 5.56 Å². The van der Waals surface area contributed by atoms with Crippen LogP contribution in [0.5, 0.6) is 0 Å². The van der Waals surface area contributed by atoms with E-state index in [9.17, 15) is 9.59 Å². The summed E-state index contributed by atoms with van der Waals surface area (Å²) in [5, 5.41) is 0.576. The van der Waals surface area contributed by atoms with Crippen LogP contribution in [0.4, 0.5) is 0 Å². The van der Waals surface area contributed by atoms with Crippen LogP contribution in [-0.2, 0) is 10.5 Å². The van der Waals surface area contributed by atoms with E-state index in [2.05, 4.69) is 9.97 Å². The van der Waals surface area contributed by atoms with Gasteiger partial charge in [-0.15, -0.1) is 0 Å². The Balaban J connectivity index is 1.97. The molecule has 1 N–H and O–H groups in total. The van der Waals surface area contributed by atoms with Crippen LogP contribution in [0.3, 0.4) is 0 Å². The second-order valence-corrected chi connectivity index (χ2v) is 4.91. The maximum atomic E-state index is 11.5. The monoisotopic (exact) mass is 290 g/mol. The maximum Gasteiger partial charge on any atom is 0.338 e. The van der Waals surface area contributed by atoms with Crippen molar-refractivity contribution < 1.29 is 9.53 Å². The van der Waals surface area contributed by atoms with Crippen LogP contribution in [0, 0.1) is 0 Å².